The third-order valence-corrected chi connectivity index (χ3v) is 3.44. The lowest BCUT2D eigenvalue weighted by Gasteiger charge is -2.07. The molecule has 0 bridgehead atoms. The van der Waals surface area contributed by atoms with E-state index in [1.165, 1.54) is 27.8 Å². The first-order valence-corrected chi connectivity index (χ1v) is 5.83. The zero-order valence-electron chi connectivity index (χ0n) is 9.74. The maximum Gasteiger partial charge on any atom is -0.000750 e. The van der Waals surface area contributed by atoms with E-state index in [9.17, 15) is 0 Å². The van der Waals surface area contributed by atoms with Gasteiger partial charge in [0.15, 0.2) is 0 Å². The summed E-state index contributed by atoms with van der Waals surface area (Å²) in [7, 11) is 0. The van der Waals surface area contributed by atoms with Crippen LogP contribution in [0.1, 0.15) is 22.3 Å². The number of hydrogen-bond donors (Lipinski definition) is 0. The van der Waals surface area contributed by atoms with Gasteiger partial charge >= 0.3 is 0 Å². The lowest BCUT2D eigenvalue weighted by Crippen LogP contribution is -1.87. The van der Waals surface area contributed by atoms with Crippen molar-refractivity contribution in [3.63, 3.8) is 0 Å². The summed E-state index contributed by atoms with van der Waals surface area (Å²) in [6, 6.07) is 13.0. The minimum atomic E-state index is 1.02. The molecule has 82 valence electrons. The molecule has 0 saturated heterocycles. The molecule has 1 aliphatic rings. The molecule has 0 spiro atoms. The summed E-state index contributed by atoms with van der Waals surface area (Å²) in [6.45, 7) is 7.77. The molecule has 0 heteroatoms. The van der Waals surface area contributed by atoms with E-state index in [1.54, 1.807) is 0 Å². The Kier molecular flexibility index (Phi) is 2.22. The van der Waals surface area contributed by atoms with Gasteiger partial charge in [-0.15, -0.1) is 0 Å². The van der Waals surface area contributed by atoms with Gasteiger partial charge < -0.3 is 0 Å². The lowest BCUT2D eigenvalue weighted by atomic mass is 9.98. The molecule has 1 aliphatic carbocycles. The molecule has 3 rings (SSSR count). The third-order valence-electron chi connectivity index (χ3n) is 3.44. The molecule has 17 heavy (non-hydrogen) atoms. The van der Waals surface area contributed by atoms with Gasteiger partial charge in [-0.05, 0) is 51.9 Å². The van der Waals surface area contributed by atoms with Crippen LogP contribution >= 0.6 is 0 Å². The zero-order valence-corrected chi connectivity index (χ0v) is 9.74. The number of rotatable bonds is 2. The second-order valence-electron chi connectivity index (χ2n) is 4.38. The average molecular weight is 218 g/mol. The average Bonchev–Trinajstić information content (AvgIpc) is 2.76. The Morgan fingerprint density at radius 3 is 2.53 bits per heavy atom. The number of fused-ring (bicyclic) bond motifs is 3. The Morgan fingerprint density at radius 1 is 0.941 bits per heavy atom. The van der Waals surface area contributed by atoms with Crippen molar-refractivity contribution in [2.45, 2.75) is 6.42 Å². The maximum absolute atomic E-state index is 3.91. The second-order valence-corrected chi connectivity index (χ2v) is 4.38. The molecular formula is C17H14. The Labute approximate surface area is 102 Å². The van der Waals surface area contributed by atoms with Crippen LogP contribution in [0, 0.1) is 0 Å². The predicted molar refractivity (Wildman–Crippen MR) is 74.9 cm³/mol. The van der Waals surface area contributed by atoms with E-state index in [-0.39, 0.29) is 0 Å². The Balaban J connectivity index is 2.32. The standard InChI is InChI=1S/C17H14/c1-3-12-9-13(4-2)16-11-14-7-5-6-8-15(14)17(16)10-12/h3-10H,1-2,11H2. The summed E-state index contributed by atoms with van der Waals surface area (Å²) in [4.78, 5) is 0. The molecule has 2 aromatic rings. The highest BCUT2D eigenvalue weighted by Crippen LogP contribution is 2.39. The van der Waals surface area contributed by atoms with Crippen molar-refractivity contribution < 1.29 is 0 Å². The first-order valence-electron chi connectivity index (χ1n) is 5.83. The quantitative estimate of drug-likeness (QED) is 0.592. The van der Waals surface area contributed by atoms with Crippen LogP contribution in [0.3, 0.4) is 0 Å². The molecular weight excluding hydrogens is 204 g/mol. The summed E-state index contributed by atoms with van der Waals surface area (Å²) in [6.07, 6.45) is 4.86. The van der Waals surface area contributed by atoms with Gasteiger partial charge in [-0.2, -0.15) is 0 Å². The topological polar surface area (TPSA) is 0 Å². The van der Waals surface area contributed by atoms with Crippen molar-refractivity contribution in [3.05, 3.63) is 71.8 Å². The largest absolute Gasteiger partial charge is 0.0985 e. The molecule has 0 radical (unpaired) electrons. The Morgan fingerprint density at radius 2 is 1.76 bits per heavy atom. The molecule has 0 atom stereocenters. The van der Waals surface area contributed by atoms with E-state index in [4.69, 9.17) is 0 Å². The fourth-order valence-corrected chi connectivity index (χ4v) is 2.58. The molecule has 0 fully saturated rings. The molecule has 0 unspecified atom stereocenters. The summed E-state index contributed by atoms with van der Waals surface area (Å²) < 4.78 is 0. The predicted octanol–water partition coefficient (Wildman–Crippen LogP) is 4.54. The van der Waals surface area contributed by atoms with Crippen LogP contribution in [0.25, 0.3) is 23.3 Å². The van der Waals surface area contributed by atoms with Crippen LogP contribution in [0.15, 0.2) is 49.6 Å². The third kappa shape index (κ3) is 1.45. The van der Waals surface area contributed by atoms with Gasteiger partial charge in [0.2, 0.25) is 0 Å². The van der Waals surface area contributed by atoms with Crippen LogP contribution in [0.4, 0.5) is 0 Å². The van der Waals surface area contributed by atoms with Crippen molar-refractivity contribution in [3.8, 4) is 11.1 Å². The van der Waals surface area contributed by atoms with Crippen molar-refractivity contribution >= 4 is 12.2 Å². The van der Waals surface area contributed by atoms with E-state index in [1.807, 2.05) is 12.2 Å². The second kappa shape index (κ2) is 3.74. The van der Waals surface area contributed by atoms with Gasteiger partial charge in [-0.1, -0.05) is 49.6 Å². The normalized spacial score (nSPS) is 11.8. The molecule has 0 N–H and O–H groups in total. The van der Waals surface area contributed by atoms with Gasteiger partial charge in [-0.3, -0.25) is 0 Å². The van der Waals surface area contributed by atoms with Crippen molar-refractivity contribution in [1.29, 1.82) is 0 Å². The Bertz CT molecular complexity index is 618. The van der Waals surface area contributed by atoms with E-state index >= 15 is 0 Å². The minimum Gasteiger partial charge on any atom is -0.0985 e. The van der Waals surface area contributed by atoms with E-state index in [0.29, 0.717) is 0 Å². The Hall–Kier alpha value is -2.08. The zero-order chi connectivity index (χ0) is 11.8. The minimum absolute atomic E-state index is 1.02. The lowest BCUT2D eigenvalue weighted by molar-refractivity contribution is 1.25. The molecule has 0 heterocycles. The monoisotopic (exact) mass is 218 g/mol. The molecule has 0 aliphatic heterocycles. The number of hydrogen-bond acceptors (Lipinski definition) is 0. The maximum atomic E-state index is 3.91. The molecule has 2 aromatic carbocycles. The summed E-state index contributed by atoms with van der Waals surface area (Å²) >= 11 is 0. The van der Waals surface area contributed by atoms with Crippen molar-refractivity contribution in [2.75, 3.05) is 0 Å². The summed E-state index contributed by atoms with van der Waals surface area (Å²) in [5.74, 6) is 0. The van der Waals surface area contributed by atoms with Crippen LogP contribution in [-0.4, -0.2) is 0 Å². The van der Waals surface area contributed by atoms with Crippen LogP contribution < -0.4 is 0 Å². The number of benzene rings is 2. The van der Waals surface area contributed by atoms with Crippen molar-refractivity contribution in [1.82, 2.24) is 0 Å². The first-order chi connectivity index (χ1) is 8.33. The highest BCUT2D eigenvalue weighted by Gasteiger charge is 2.20. The van der Waals surface area contributed by atoms with E-state index < -0.39 is 0 Å². The van der Waals surface area contributed by atoms with Crippen LogP contribution in [-0.2, 0) is 6.42 Å². The molecule has 0 nitrogen and oxygen atoms in total. The molecule has 0 aromatic heterocycles. The molecule has 0 saturated carbocycles. The van der Waals surface area contributed by atoms with Gasteiger partial charge in [-0.25, -0.2) is 0 Å². The first kappa shape index (κ1) is 10.1. The van der Waals surface area contributed by atoms with Crippen LogP contribution in [0.5, 0.6) is 0 Å². The van der Waals surface area contributed by atoms with E-state index in [0.717, 1.165) is 12.0 Å². The van der Waals surface area contributed by atoms with E-state index in [2.05, 4.69) is 49.6 Å². The smallest absolute Gasteiger partial charge is 0.000750 e. The summed E-state index contributed by atoms with van der Waals surface area (Å²) in [5, 5.41) is 0. The fourth-order valence-electron chi connectivity index (χ4n) is 2.58. The molecule has 0 amide bonds. The summed E-state index contributed by atoms with van der Waals surface area (Å²) in [5.41, 5.74) is 7.89. The highest BCUT2D eigenvalue weighted by molar-refractivity contribution is 5.82. The van der Waals surface area contributed by atoms with Gasteiger partial charge in [0, 0.05) is 0 Å². The van der Waals surface area contributed by atoms with Gasteiger partial charge in [0.1, 0.15) is 0 Å². The van der Waals surface area contributed by atoms with Gasteiger partial charge in [0.25, 0.3) is 0 Å². The highest BCUT2D eigenvalue weighted by atomic mass is 14.2. The fraction of sp³-hybridized carbons (Fsp3) is 0.0588. The van der Waals surface area contributed by atoms with Crippen molar-refractivity contribution in [2.24, 2.45) is 0 Å². The van der Waals surface area contributed by atoms with Crippen LogP contribution in [0.2, 0.25) is 0 Å². The SMILES string of the molecule is C=Cc1cc(C=C)c2c(c1)-c1ccccc1C2. The van der Waals surface area contributed by atoms with Gasteiger partial charge in [0.05, 0.1) is 0 Å².